The Morgan fingerprint density at radius 3 is 2.93 bits per heavy atom. The van der Waals surface area contributed by atoms with Crippen LogP contribution in [0.5, 0.6) is 0 Å². The van der Waals surface area contributed by atoms with Gasteiger partial charge in [0.1, 0.15) is 6.07 Å². The van der Waals surface area contributed by atoms with E-state index in [2.05, 4.69) is 5.32 Å². The van der Waals surface area contributed by atoms with Crippen LogP contribution in [0.4, 0.5) is 5.69 Å². The van der Waals surface area contributed by atoms with Gasteiger partial charge in [0.2, 0.25) is 0 Å². The zero-order valence-electron chi connectivity index (χ0n) is 7.57. The van der Waals surface area contributed by atoms with Crippen LogP contribution < -0.4 is 5.32 Å². The number of rotatable bonds is 3. The zero-order valence-corrected chi connectivity index (χ0v) is 8.32. The molecule has 76 valence electrons. The molecule has 0 bridgehead atoms. The molecule has 0 saturated carbocycles. The molecule has 0 aliphatic heterocycles. The fourth-order valence-corrected chi connectivity index (χ4v) is 1.11. The Hall–Kier alpha value is -1.99. The minimum Gasteiger partial charge on any atom is -0.478 e. The van der Waals surface area contributed by atoms with Gasteiger partial charge in [-0.1, -0.05) is 11.6 Å². The van der Waals surface area contributed by atoms with Gasteiger partial charge < -0.3 is 10.4 Å². The molecule has 0 aromatic heterocycles. The molecule has 0 aliphatic rings. The maximum atomic E-state index is 10.2. The van der Waals surface area contributed by atoms with Gasteiger partial charge in [0.15, 0.2) is 0 Å². The van der Waals surface area contributed by atoms with Gasteiger partial charge in [0.25, 0.3) is 0 Å². The van der Waals surface area contributed by atoms with Crippen molar-refractivity contribution < 1.29 is 9.90 Å². The highest BCUT2D eigenvalue weighted by molar-refractivity contribution is 6.30. The Labute approximate surface area is 91.4 Å². The predicted octanol–water partition coefficient (Wildman–Crippen LogP) is 2.22. The number of carboxylic acids is 1. The van der Waals surface area contributed by atoms with Crippen molar-refractivity contribution in [1.82, 2.24) is 0 Å². The molecule has 15 heavy (non-hydrogen) atoms. The monoisotopic (exact) mass is 222 g/mol. The van der Waals surface area contributed by atoms with E-state index in [9.17, 15) is 4.79 Å². The molecule has 5 heteroatoms. The Balaban J connectivity index is 2.89. The number of anilines is 1. The van der Waals surface area contributed by atoms with E-state index in [1.54, 1.807) is 18.2 Å². The van der Waals surface area contributed by atoms with Crippen molar-refractivity contribution >= 4 is 23.3 Å². The fourth-order valence-electron chi connectivity index (χ4n) is 0.936. The van der Waals surface area contributed by atoms with Gasteiger partial charge in [0.05, 0.1) is 11.3 Å². The second-order valence-electron chi connectivity index (χ2n) is 2.62. The number of halogens is 1. The fraction of sp³-hybridized carbons (Fsp3) is 0. The lowest BCUT2D eigenvalue weighted by Gasteiger charge is -2.03. The lowest BCUT2D eigenvalue weighted by Crippen LogP contribution is -1.94. The first-order chi connectivity index (χ1) is 7.13. The highest BCUT2D eigenvalue weighted by atomic mass is 35.5. The summed E-state index contributed by atoms with van der Waals surface area (Å²) in [5.41, 5.74) is 0.872. The van der Waals surface area contributed by atoms with E-state index in [1.165, 1.54) is 6.20 Å². The Kier molecular flexibility index (Phi) is 3.72. The number of carbonyl (C=O) groups is 1. The second-order valence-corrected chi connectivity index (χ2v) is 3.05. The van der Waals surface area contributed by atoms with E-state index in [0.29, 0.717) is 16.3 Å². The van der Waals surface area contributed by atoms with Crippen LogP contribution in [0.25, 0.3) is 0 Å². The van der Waals surface area contributed by atoms with E-state index >= 15 is 0 Å². The number of aliphatic carboxylic acids is 1. The number of nitrogens with zero attached hydrogens (tertiary/aromatic N) is 1. The van der Waals surface area contributed by atoms with Crippen molar-refractivity contribution in [2.24, 2.45) is 0 Å². The molecule has 0 atom stereocenters. The Morgan fingerprint density at radius 2 is 2.33 bits per heavy atom. The molecule has 0 unspecified atom stereocenters. The summed E-state index contributed by atoms with van der Waals surface area (Å²) in [4.78, 5) is 10.2. The van der Waals surface area contributed by atoms with E-state index < -0.39 is 5.97 Å². The van der Waals surface area contributed by atoms with Gasteiger partial charge in [-0.25, -0.2) is 4.79 Å². The molecule has 1 rings (SSSR count). The van der Waals surface area contributed by atoms with Gasteiger partial charge in [-0.3, -0.25) is 0 Å². The third-order valence-corrected chi connectivity index (χ3v) is 1.80. The van der Waals surface area contributed by atoms with Gasteiger partial charge in [-0.15, -0.1) is 0 Å². The van der Waals surface area contributed by atoms with Gasteiger partial charge in [0, 0.05) is 17.3 Å². The summed E-state index contributed by atoms with van der Waals surface area (Å²) in [5.74, 6) is -1.07. The molecular weight excluding hydrogens is 216 g/mol. The number of carboxylic acid groups (broad SMARTS) is 1. The molecule has 0 amide bonds. The van der Waals surface area contributed by atoms with E-state index in [4.69, 9.17) is 22.0 Å². The van der Waals surface area contributed by atoms with Crippen LogP contribution >= 0.6 is 11.6 Å². The molecule has 0 aliphatic carbocycles. The maximum Gasteiger partial charge on any atom is 0.329 e. The zero-order chi connectivity index (χ0) is 11.3. The van der Waals surface area contributed by atoms with Crippen molar-refractivity contribution in [3.8, 4) is 6.07 Å². The van der Waals surface area contributed by atoms with E-state index in [-0.39, 0.29) is 0 Å². The summed E-state index contributed by atoms with van der Waals surface area (Å²) in [5, 5.41) is 20.2. The van der Waals surface area contributed by atoms with Crippen molar-refractivity contribution in [3.63, 3.8) is 0 Å². The number of hydrogen-bond donors (Lipinski definition) is 2. The number of benzene rings is 1. The molecule has 0 fully saturated rings. The summed E-state index contributed by atoms with van der Waals surface area (Å²) in [6.07, 6.45) is 2.16. The van der Waals surface area contributed by atoms with Crippen molar-refractivity contribution in [2.45, 2.75) is 0 Å². The van der Waals surface area contributed by atoms with Crippen LogP contribution in [0.3, 0.4) is 0 Å². The lowest BCUT2D eigenvalue weighted by molar-refractivity contribution is -0.131. The average molecular weight is 223 g/mol. The molecule has 0 heterocycles. The van der Waals surface area contributed by atoms with E-state index in [0.717, 1.165) is 6.08 Å². The van der Waals surface area contributed by atoms with Crippen LogP contribution in [0.15, 0.2) is 30.5 Å². The van der Waals surface area contributed by atoms with Crippen molar-refractivity contribution in [1.29, 1.82) is 5.26 Å². The topological polar surface area (TPSA) is 73.1 Å². The standard InChI is InChI=1S/C10H7ClN2O2/c11-8-2-1-7(6-12)9(5-8)13-4-3-10(14)15/h1-5,13H,(H,14,15)/b4-3+. The minimum absolute atomic E-state index is 0.398. The van der Waals surface area contributed by atoms with Gasteiger partial charge >= 0.3 is 5.97 Å². The molecule has 4 nitrogen and oxygen atoms in total. The maximum absolute atomic E-state index is 10.2. The van der Waals surface area contributed by atoms with Crippen LogP contribution in [-0.2, 0) is 4.79 Å². The van der Waals surface area contributed by atoms with Gasteiger partial charge in [-0.05, 0) is 18.2 Å². The van der Waals surface area contributed by atoms with Crippen LogP contribution in [0.2, 0.25) is 5.02 Å². The first kappa shape index (κ1) is 11.1. The average Bonchev–Trinajstić information content (AvgIpc) is 2.17. The van der Waals surface area contributed by atoms with E-state index in [1.807, 2.05) is 6.07 Å². The molecule has 2 N–H and O–H groups in total. The molecule has 0 saturated heterocycles. The quantitative estimate of drug-likeness (QED) is 0.770. The van der Waals surface area contributed by atoms with Crippen LogP contribution in [0.1, 0.15) is 5.56 Å². The minimum atomic E-state index is -1.07. The summed E-state index contributed by atoms with van der Waals surface area (Å²) in [6, 6.07) is 6.65. The largest absolute Gasteiger partial charge is 0.478 e. The number of nitriles is 1. The molecule has 1 aromatic rings. The van der Waals surface area contributed by atoms with Crippen LogP contribution in [-0.4, -0.2) is 11.1 Å². The molecule has 0 radical (unpaired) electrons. The Bertz CT molecular complexity index is 449. The van der Waals surface area contributed by atoms with Crippen LogP contribution in [0, 0.1) is 11.3 Å². The smallest absolute Gasteiger partial charge is 0.329 e. The molecular formula is C10H7ClN2O2. The summed E-state index contributed by atoms with van der Waals surface area (Å²) in [7, 11) is 0. The second kappa shape index (κ2) is 5.03. The number of nitrogens with one attached hydrogen (secondary N) is 1. The predicted molar refractivity (Wildman–Crippen MR) is 56.6 cm³/mol. The molecule has 1 aromatic carbocycles. The lowest BCUT2D eigenvalue weighted by atomic mass is 10.2. The normalized spacial score (nSPS) is 9.87. The molecule has 0 spiro atoms. The first-order valence-electron chi connectivity index (χ1n) is 3.99. The van der Waals surface area contributed by atoms with Crippen molar-refractivity contribution in [2.75, 3.05) is 5.32 Å². The Morgan fingerprint density at radius 1 is 1.60 bits per heavy atom. The summed E-state index contributed by atoms with van der Waals surface area (Å²) in [6.45, 7) is 0. The van der Waals surface area contributed by atoms with Crippen molar-refractivity contribution in [3.05, 3.63) is 41.1 Å². The summed E-state index contributed by atoms with van der Waals surface area (Å²) >= 11 is 5.73. The summed E-state index contributed by atoms with van der Waals surface area (Å²) < 4.78 is 0. The third kappa shape index (κ3) is 3.33. The highest BCUT2D eigenvalue weighted by Crippen LogP contribution is 2.20. The SMILES string of the molecule is N#Cc1ccc(Cl)cc1N/C=C/C(=O)O. The first-order valence-corrected chi connectivity index (χ1v) is 4.37. The third-order valence-electron chi connectivity index (χ3n) is 1.57. The highest BCUT2D eigenvalue weighted by Gasteiger charge is 2.00. The van der Waals surface area contributed by atoms with Gasteiger partial charge in [-0.2, -0.15) is 5.26 Å². The number of hydrogen-bond acceptors (Lipinski definition) is 3.